The van der Waals surface area contributed by atoms with Crippen LogP contribution in [-0.2, 0) is 21.4 Å². The van der Waals surface area contributed by atoms with Crippen LogP contribution in [-0.4, -0.2) is 31.7 Å². The van der Waals surface area contributed by atoms with E-state index in [4.69, 9.17) is 0 Å². The van der Waals surface area contributed by atoms with E-state index in [9.17, 15) is 13.2 Å². The van der Waals surface area contributed by atoms with Gasteiger partial charge >= 0.3 is 0 Å². The van der Waals surface area contributed by atoms with Gasteiger partial charge in [-0.1, -0.05) is 25.1 Å². The third-order valence-electron chi connectivity index (χ3n) is 3.65. The fourth-order valence-electron chi connectivity index (χ4n) is 1.94. The normalized spacial score (nSPS) is 12.7. The molecule has 1 aromatic rings. The largest absolute Gasteiger partial charge is 0.348 e. The SMILES string of the molecule is CCC=C(C)C(=O)NCc1ccc(S(=O)(=O)N(C)C(C)C)cc1. The lowest BCUT2D eigenvalue weighted by Gasteiger charge is -2.21. The van der Waals surface area contributed by atoms with Crippen molar-refractivity contribution in [2.75, 3.05) is 7.05 Å². The van der Waals surface area contributed by atoms with Crippen molar-refractivity contribution in [2.45, 2.75) is 51.6 Å². The summed E-state index contributed by atoms with van der Waals surface area (Å²) in [5, 5.41) is 2.82. The minimum absolute atomic E-state index is 0.104. The van der Waals surface area contributed by atoms with Crippen LogP contribution in [0.25, 0.3) is 0 Å². The molecule has 0 aliphatic carbocycles. The van der Waals surface area contributed by atoms with Crippen molar-refractivity contribution in [3.8, 4) is 0 Å². The Bertz CT molecular complexity index is 662. The summed E-state index contributed by atoms with van der Waals surface area (Å²) in [6.45, 7) is 7.77. The lowest BCUT2D eigenvalue weighted by Crippen LogP contribution is -2.33. The van der Waals surface area contributed by atoms with E-state index >= 15 is 0 Å². The van der Waals surface area contributed by atoms with Gasteiger partial charge in [0.15, 0.2) is 0 Å². The molecule has 1 amide bonds. The van der Waals surface area contributed by atoms with Crippen molar-refractivity contribution in [3.05, 3.63) is 41.5 Å². The second kappa shape index (κ2) is 8.26. The Morgan fingerprint density at radius 2 is 1.83 bits per heavy atom. The number of hydrogen-bond acceptors (Lipinski definition) is 3. The third kappa shape index (κ3) is 5.18. The zero-order valence-corrected chi connectivity index (χ0v) is 15.3. The summed E-state index contributed by atoms with van der Waals surface area (Å²) in [5.41, 5.74) is 1.54. The van der Waals surface area contributed by atoms with Gasteiger partial charge in [-0.15, -0.1) is 0 Å². The van der Waals surface area contributed by atoms with Crippen molar-refractivity contribution in [2.24, 2.45) is 0 Å². The zero-order chi connectivity index (χ0) is 17.6. The number of carbonyl (C=O) groups excluding carboxylic acids is 1. The van der Waals surface area contributed by atoms with E-state index in [2.05, 4.69) is 5.32 Å². The Morgan fingerprint density at radius 3 is 2.30 bits per heavy atom. The molecule has 0 heterocycles. The average Bonchev–Trinajstić information content (AvgIpc) is 2.52. The maximum Gasteiger partial charge on any atom is 0.246 e. The summed E-state index contributed by atoms with van der Waals surface area (Å²) < 4.78 is 26.1. The summed E-state index contributed by atoms with van der Waals surface area (Å²) in [7, 11) is -1.90. The number of amides is 1. The predicted molar refractivity (Wildman–Crippen MR) is 92.4 cm³/mol. The molecule has 6 heteroatoms. The van der Waals surface area contributed by atoms with E-state index in [-0.39, 0.29) is 16.8 Å². The monoisotopic (exact) mass is 338 g/mol. The molecule has 0 radical (unpaired) electrons. The second-order valence-corrected chi connectivity index (χ2v) is 7.73. The van der Waals surface area contributed by atoms with Gasteiger partial charge in [0.2, 0.25) is 15.9 Å². The van der Waals surface area contributed by atoms with Gasteiger partial charge in [-0.05, 0) is 44.9 Å². The molecular formula is C17H26N2O3S. The Labute approximate surface area is 139 Å². The van der Waals surface area contributed by atoms with Gasteiger partial charge in [0.1, 0.15) is 0 Å². The molecule has 0 saturated carbocycles. The molecule has 0 fully saturated rings. The number of hydrogen-bond donors (Lipinski definition) is 1. The summed E-state index contributed by atoms with van der Waals surface area (Å²) >= 11 is 0. The van der Waals surface area contributed by atoms with Crippen LogP contribution < -0.4 is 5.32 Å². The molecule has 0 aromatic heterocycles. The van der Waals surface area contributed by atoms with Crippen molar-refractivity contribution in [3.63, 3.8) is 0 Å². The van der Waals surface area contributed by atoms with Crippen LogP contribution in [0.3, 0.4) is 0 Å². The van der Waals surface area contributed by atoms with E-state index < -0.39 is 10.0 Å². The molecule has 23 heavy (non-hydrogen) atoms. The predicted octanol–water partition coefficient (Wildman–Crippen LogP) is 2.69. The number of nitrogens with zero attached hydrogens (tertiary/aromatic N) is 1. The zero-order valence-electron chi connectivity index (χ0n) is 14.5. The van der Waals surface area contributed by atoms with Crippen LogP contribution in [0, 0.1) is 0 Å². The fourth-order valence-corrected chi connectivity index (χ4v) is 3.31. The minimum Gasteiger partial charge on any atom is -0.348 e. The molecule has 0 saturated heterocycles. The van der Waals surface area contributed by atoms with Gasteiger partial charge in [0.25, 0.3) is 0 Å². The Kier molecular flexibility index (Phi) is 6.97. The van der Waals surface area contributed by atoms with Crippen molar-refractivity contribution in [1.82, 2.24) is 9.62 Å². The third-order valence-corrected chi connectivity index (χ3v) is 5.70. The van der Waals surface area contributed by atoms with Crippen LogP contribution in [0.1, 0.15) is 39.7 Å². The first kappa shape index (κ1) is 19.4. The molecule has 128 valence electrons. The van der Waals surface area contributed by atoms with Crippen molar-refractivity contribution >= 4 is 15.9 Å². The molecule has 1 N–H and O–H groups in total. The summed E-state index contributed by atoms with van der Waals surface area (Å²) in [4.78, 5) is 12.1. The first-order valence-electron chi connectivity index (χ1n) is 7.72. The minimum atomic E-state index is -3.47. The first-order valence-corrected chi connectivity index (χ1v) is 9.16. The Balaban J connectivity index is 2.78. The number of carbonyl (C=O) groups is 1. The number of sulfonamides is 1. The number of benzene rings is 1. The van der Waals surface area contributed by atoms with Gasteiger partial charge in [-0.2, -0.15) is 4.31 Å². The Morgan fingerprint density at radius 1 is 1.26 bits per heavy atom. The van der Waals surface area contributed by atoms with E-state index in [1.54, 1.807) is 38.2 Å². The quantitative estimate of drug-likeness (QED) is 0.777. The van der Waals surface area contributed by atoms with Gasteiger partial charge in [0, 0.05) is 25.2 Å². The van der Waals surface area contributed by atoms with E-state index in [1.165, 1.54) is 4.31 Å². The average molecular weight is 338 g/mol. The Hall–Kier alpha value is -1.66. The molecule has 1 rings (SSSR count). The maximum atomic E-state index is 12.4. The van der Waals surface area contributed by atoms with Gasteiger partial charge in [-0.25, -0.2) is 8.42 Å². The summed E-state index contributed by atoms with van der Waals surface area (Å²) in [5.74, 6) is -0.108. The number of nitrogens with one attached hydrogen (secondary N) is 1. The fraction of sp³-hybridized carbons (Fsp3) is 0.471. The maximum absolute atomic E-state index is 12.4. The molecule has 0 atom stereocenters. The molecule has 0 bridgehead atoms. The standard InChI is InChI=1S/C17H26N2O3S/c1-6-7-14(4)17(20)18-12-15-8-10-16(11-9-15)23(21,22)19(5)13(2)3/h7-11,13H,6,12H2,1-5H3,(H,18,20). The second-order valence-electron chi connectivity index (χ2n) is 5.74. The molecule has 5 nitrogen and oxygen atoms in total. The lowest BCUT2D eigenvalue weighted by atomic mass is 10.2. The highest BCUT2D eigenvalue weighted by atomic mass is 32.2. The molecule has 0 unspecified atom stereocenters. The van der Waals surface area contributed by atoms with E-state index in [0.717, 1.165) is 12.0 Å². The topological polar surface area (TPSA) is 66.5 Å². The molecule has 0 spiro atoms. The van der Waals surface area contributed by atoms with Gasteiger partial charge in [-0.3, -0.25) is 4.79 Å². The summed E-state index contributed by atoms with van der Waals surface area (Å²) in [6.07, 6.45) is 2.68. The number of allylic oxidation sites excluding steroid dienone is 1. The number of rotatable bonds is 7. The lowest BCUT2D eigenvalue weighted by molar-refractivity contribution is -0.117. The van der Waals surface area contributed by atoms with Crippen LogP contribution in [0.5, 0.6) is 0 Å². The van der Waals surface area contributed by atoms with Crippen LogP contribution >= 0.6 is 0 Å². The molecular weight excluding hydrogens is 312 g/mol. The smallest absolute Gasteiger partial charge is 0.246 e. The van der Waals surface area contributed by atoms with Crippen LogP contribution in [0.4, 0.5) is 0 Å². The van der Waals surface area contributed by atoms with Crippen LogP contribution in [0.15, 0.2) is 40.8 Å². The first-order chi connectivity index (χ1) is 10.7. The highest BCUT2D eigenvalue weighted by molar-refractivity contribution is 7.89. The molecule has 1 aromatic carbocycles. The highest BCUT2D eigenvalue weighted by Crippen LogP contribution is 2.17. The highest BCUT2D eigenvalue weighted by Gasteiger charge is 2.22. The van der Waals surface area contributed by atoms with Crippen molar-refractivity contribution < 1.29 is 13.2 Å². The van der Waals surface area contributed by atoms with E-state index in [0.29, 0.717) is 12.1 Å². The summed E-state index contributed by atoms with van der Waals surface area (Å²) in [6, 6.07) is 6.49. The van der Waals surface area contributed by atoms with Crippen molar-refractivity contribution in [1.29, 1.82) is 0 Å². The molecule has 0 aliphatic heterocycles. The van der Waals surface area contributed by atoms with Crippen LogP contribution in [0.2, 0.25) is 0 Å². The van der Waals surface area contributed by atoms with E-state index in [1.807, 2.05) is 26.8 Å². The van der Waals surface area contributed by atoms with Gasteiger partial charge in [0.05, 0.1) is 4.90 Å². The van der Waals surface area contributed by atoms with Gasteiger partial charge < -0.3 is 5.32 Å². The molecule has 0 aliphatic rings.